The van der Waals surface area contributed by atoms with Crippen molar-refractivity contribution in [3.8, 4) is 0 Å². The number of hydrogen-bond acceptors (Lipinski definition) is 4. The lowest BCUT2D eigenvalue weighted by Crippen LogP contribution is -2.42. The molecule has 6 heteroatoms. The van der Waals surface area contributed by atoms with Gasteiger partial charge in [0.2, 0.25) is 5.91 Å². The van der Waals surface area contributed by atoms with E-state index in [1.165, 1.54) is 11.8 Å². The molecule has 0 saturated carbocycles. The molecule has 1 unspecified atom stereocenters. The maximum absolute atomic E-state index is 11.7. The quantitative estimate of drug-likeness (QED) is 0.542. The molecule has 0 aliphatic heterocycles. The summed E-state index contributed by atoms with van der Waals surface area (Å²) in [5, 5.41) is 11.8. The molecule has 0 aliphatic carbocycles. The number of aliphatic carboxylic acids is 1. The van der Waals surface area contributed by atoms with E-state index >= 15 is 0 Å². The van der Waals surface area contributed by atoms with Gasteiger partial charge in [-0.2, -0.15) is 11.8 Å². The number of hydrogen-bond donors (Lipinski definition) is 3. The predicted octanol–water partition coefficient (Wildman–Crippen LogP) is 2.01. The molecule has 0 aromatic heterocycles. The smallest absolute Gasteiger partial charge is 0.327 e. The highest BCUT2D eigenvalue weighted by Gasteiger charge is 2.19. The molecule has 1 rings (SSSR count). The van der Waals surface area contributed by atoms with Gasteiger partial charge in [0.05, 0.1) is 0 Å². The second kappa shape index (κ2) is 11.1. The zero-order valence-electron chi connectivity index (χ0n) is 12.7. The van der Waals surface area contributed by atoms with Gasteiger partial charge in [0.15, 0.2) is 0 Å². The van der Waals surface area contributed by atoms with Gasteiger partial charge in [0.25, 0.3) is 0 Å². The number of carbonyl (C=O) groups excluding carboxylic acids is 1. The van der Waals surface area contributed by atoms with E-state index in [9.17, 15) is 14.7 Å². The number of thioether (sulfide) groups is 1. The van der Waals surface area contributed by atoms with Gasteiger partial charge in [-0.15, -0.1) is 0 Å². The van der Waals surface area contributed by atoms with Crippen LogP contribution in [0.3, 0.4) is 0 Å². The van der Waals surface area contributed by atoms with E-state index in [1.807, 2.05) is 30.3 Å². The van der Waals surface area contributed by atoms with Gasteiger partial charge in [0.1, 0.15) is 6.04 Å². The number of rotatable bonds is 11. The van der Waals surface area contributed by atoms with Crippen molar-refractivity contribution >= 4 is 23.6 Å². The first-order chi connectivity index (χ1) is 10.6. The van der Waals surface area contributed by atoms with Crippen LogP contribution in [0.5, 0.6) is 0 Å². The molecule has 4 N–H and O–H groups in total. The molecule has 1 aromatic carbocycles. The lowest BCUT2D eigenvalue weighted by atomic mass is 10.2. The van der Waals surface area contributed by atoms with Crippen LogP contribution in [0.1, 0.15) is 31.2 Å². The van der Waals surface area contributed by atoms with Crippen LogP contribution in [0, 0.1) is 0 Å². The van der Waals surface area contributed by atoms with Crippen LogP contribution in [0.2, 0.25) is 0 Å². The van der Waals surface area contributed by atoms with Gasteiger partial charge < -0.3 is 16.2 Å². The Morgan fingerprint density at radius 2 is 1.91 bits per heavy atom. The van der Waals surface area contributed by atoms with Crippen molar-refractivity contribution in [3.63, 3.8) is 0 Å². The third-order valence-corrected chi connectivity index (χ3v) is 4.24. The van der Waals surface area contributed by atoms with E-state index in [4.69, 9.17) is 5.73 Å². The molecule has 0 heterocycles. The summed E-state index contributed by atoms with van der Waals surface area (Å²) in [5.41, 5.74) is 6.53. The van der Waals surface area contributed by atoms with E-state index in [-0.39, 0.29) is 5.91 Å². The van der Waals surface area contributed by atoms with Gasteiger partial charge in [-0.3, -0.25) is 4.79 Å². The monoisotopic (exact) mass is 324 g/mol. The van der Waals surface area contributed by atoms with Crippen LogP contribution < -0.4 is 11.1 Å². The summed E-state index contributed by atoms with van der Waals surface area (Å²) >= 11 is 1.50. The molecular weight excluding hydrogens is 300 g/mol. The molecule has 0 radical (unpaired) electrons. The molecule has 1 aromatic rings. The second-order valence-corrected chi connectivity index (χ2v) is 6.09. The van der Waals surface area contributed by atoms with Crippen LogP contribution in [-0.4, -0.2) is 35.3 Å². The Morgan fingerprint density at radius 1 is 1.18 bits per heavy atom. The molecule has 0 aliphatic rings. The highest BCUT2D eigenvalue weighted by Crippen LogP contribution is 2.13. The van der Waals surface area contributed by atoms with Crippen molar-refractivity contribution in [2.75, 3.05) is 12.3 Å². The predicted molar refractivity (Wildman–Crippen MR) is 89.7 cm³/mol. The van der Waals surface area contributed by atoms with Crippen LogP contribution in [-0.2, 0) is 15.3 Å². The maximum Gasteiger partial charge on any atom is 0.327 e. The topological polar surface area (TPSA) is 92.4 Å². The Kier molecular flexibility index (Phi) is 9.34. The molecule has 1 amide bonds. The van der Waals surface area contributed by atoms with Crippen molar-refractivity contribution in [3.05, 3.63) is 35.9 Å². The van der Waals surface area contributed by atoms with Gasteiger partial charge in [-0.05, 0) is 24.9 Å². The third-order valence-electron chi connectivity index (χ3n) is 3.14. The first-order valence-corrected chi connectivity index (χ1v) is 8.63. The third kappa shape index (κ3) is 8.05. The van der Waals surface area contributed by atoms with Crippen molar-refractivity contribution in [1.82, 2.24) is 5.32 Å². The molecular formula is C16H24N2O3S. The standard InChI is InChI=1S/C16H24N2O3S/c17-10-6-2-5-9-15(19)18-14(16(20)21)12-22-11-13-7-3-1-4-8-13/h1,3-4,7-8,14H,2,5-6,9-12,17H2,(H,18,19)(H,20,21). The fourth-order valence-corrected chi connectivity index (χ4v) is 2.92. The zero-order chi connectivity index (χ0) is 16.2. The lowest BCUT2D eigenvalue weighted by molar-refractivity contribution is -0.141. The normalized spacial score (nSPS) is 11.9. The van der Waals surface area contributed by atoms with Gasteiger partial charge in [-0.25, -0.2) is 4.79 Å². The molecule has 22 heavy (non-hydrogen) atoms. The number of carboxylic acids is 1. The largest absolute Gasteiger partial charge is 0.480 e. The number of unbranched alkanes of at least 4 members (excludes halogenated alkanes) is 2. The average molecular weight is 324 g/mol. The van der Waals surface area contributed by atoms with Crippen molar-refractivity contribution in [2.24, 2.45) is 5.73 Å². The second-order valence-electron chi connectivity index (χ2n) is 5.06. The minimum absolute atomic E-state index is 0.204. The fraction of sp³-hybridized carbons (Fsp3) is 0.500. The first kappa shape index (κ1) is 18.5. The summed E-state index contributed by atoms with van der Waals surface area (Å²) in [6.45, 7) is 0.621. The van der Waals surface area contributed by atoms with E-state index in [0.29, 0.717) is 18.7 Å². The molecule has 0 bridgehead atoms. The summed E-state index contributed by atoms with van der Waals surface area (Å²) in [6.07, 6.45) is 2.88. The lowest BCUT2D eigenvalue weighted by Gasteiger charge is -2.14. The van der Waals surface area contributed by atoms with Crippen LogP contribution >= 0.6 is 11.8 Å². The van der Waals surface area contributed by atoms with Crippen molar-refractivity contribution in [1.29, 1.82) is 0 Å². The highest BCUT2D eigenvalue weighted by atomic mass is 32.2. The number of carbonyl (C=O) groups is 2. The van der Waals surface area contributed by atoms with Gasteiger partial charge >= 0.3 is 5.97 Å². The maximum atomic E-state index is 11.7. The number of nitrogens with one attached hydrogen (secondary N) is 1. The zero-order valence-corrected chi connectivity index (χ0v) is 13.5. The van der Waals surface area contributed by atoms with Crippen LogP contribution in [0.4, 0.5) is 0 Å². The van der Waals surface area contributed by atoms with Crippen molar-refractivity contribution < 1.29 is 14.7 Å². The summed E-state index contributed by atoms with van der Waals surface area (Å²) in [4.78, 5) is 22.9. The van der Waals surface area contributed by atoms with Gasteiger partial charge in [0, 0.05) is 17.9 Å². The molecule has 0 saturated heterocycles. The molecule has 0 spiro atoms. The van der Waals surface area contributed by atoms with Crippen LogP contribution in [0.25, 0.3) is 0 Å². The minimum atomic E-state index is -0.990. The number of carboxylic acid groups (broad SMARTS) is 1. The Bertz CT molecular complexity index is 454. The summed E-state index contributed by atoms with van der Waals surface area (Å²) in [6, 6.07) is 9.01. The fourth-order valence-electron chi connectivity index (χ4n) is 1.92. The minimum Gasteiger partial charge on any atom is -0.480 e. The van der Waals surface area contributed by atoms with E-state index < -0.39 is 12.0 Å². The average Bonchev–Trinajstić information content (AvgIpc) is 2.51. The van der Waals surface area contributed by atoms with E-state index in [2.05, 4.69) is 5.32 Å². The van der Waals surface area contributed by atoms with Crippen LogP contribution in [0.15, 0.2) is 30.3 Å². The summed E-state index contributed by atoms with van der Waals surface area (Å²) in [7, 11) is 0. The SMILES string of the molecule is NCCCCCC(=O)NC(CSCc1ccccc1)C(=O)O. The molecule has 5 nitrogen and oxygen atoms in total. The Morgan fingerprint density at radius 3 is 2.55 bits per heavy atom. The van der Waals surface area contributed by atoms with E-state index in [1.54, 1.807) is 0 Å². The molecule has 0 fully saturated rings. The number of nitrogens with two attached hydrogens (primary N) is 1. The summed E-state index contributed by atoms with van der Waals surface area (Å²) in [5.74, 6) is -0.101. The molecule has 1 atom stereocenters. The first-order valence-electron chi connectivity index (χ1n) is 7.47. The molecule has 122 valence electrons. The Labute approximate surface area is 135 Å². The number of amides is 1. The summed E-state index contributed by atoms with van der Waals surface area (Å²) < 4.78 is 0. The Balaban J connectivity index is 2.29. The highest BCUT2D eigenvalue weighted by molar-refractivity contribution is 7.98. The number of benzene rings is 1. The van der Waals surface area contributed by atoms with Crippen molar-refractivity contribution in [2.45, 2.75) is 37.5 Å². The Hall–Kier alpha value is -1.53. The van der Waals surface area contributed by atoms with E-state index in [0.717, 1.165) is 30.6 Å². The van der Waals surface area contributed by atoms with Gasteiger partial charge in [-0.1, -0.05) is 36.8 Å².